The van der Waals surface area contributed by atoms with Crippen LogP contribution < -0.4 is 4.74 Å². The Labute approximate surface area is 406 Å². The van der Waals surface area contributed by atoms with Crippen molar-refractivity contribution in [3.8, 4) is 40.4 Å². The minimum Gasteiger partial charge on any atom is -0.478 e. The Balaban J connectivity index is 0.000000193. The summed E-state index contributed by atoms with van der Waals surface area (Å²) >= 11 is 6.16. The predicted octanol–water partition coefficient (Wildman–Crippen LogP) is 8.84. The van der Waals surface area contributed by atoms with Crippen molar-refractivity contribution in [2.75, 3.05) is 0 Å². The molecule has 0 saturated heterocycles. The summed E-state index contributed by atoms with van der Waals surface area (Å²) in [5, 5.41) is 66.3. The normalized spacial score (nSPS) is 11.5. The zero-order valence-corrected chi connectivity index (χ0v) is 39.6. The van der Waals surface area contributed by atoms with Gasteiger partial charge in [-0.3, -0.25) is 18.7 Å². The van der Waals surface area contributed by atoms with E-state index in [0.29, 0.717) is 61.1 Å². The number of pyridine rings is 2. The first-order valence-corrected chi connectivity index (χ1v) is 21.5. The average molecular weight is 1070 g/mol. The molecule has 6 aromatic heterocycles. The van der Waals surface area contributed by atoms with E-state index in [4.69, 9.17) is 15.3 Å². The minimum absolute atomic E-state index is 0.0483. The van der Waals surface area contributed by atoms with Crippen LogP contribution in [0.15, 0.2) is 107 Å². The lowest BCUT2D eigenvalue weighted by Crippen LogP contribution is -2.10. The maximum Gasteiger partial charge on any atom is 0.406 e. The van der Waals surface area contributed by atoms with E-state index < -0.39 is 51.1 Å². The quantitative estimate of drug-likeness (QED) is 0.0885. The number of hydrogen-bond donors (Lipinski definition) is 1. The fourth-order valence-corrected chi connectivity index (χ4v) is 7.48. The van der Waals surface area contributed by atoms with Gasteiger partial charge in [-0.25, -0.2) is 8.78 Å². The van der Waals surface area contributed by atoms with Crippen molar-refractivity contribution in [2.45, 2.75) is 39.1 Å². The molecule has 0 bridgehead atoms. The summed E-state index contributed by atoms with van der Waals surface area (Å²) in [5.74, 6) is -3.07. The number of aliphatic hydroxyl groups is 1. The SMILES string of the molecule is CC(O)c1cc(F)ccc1-c1c(Cn2cc(C#N)cn2)cnn1C.CC(Oc1cc(Br)cnc1[N+](=O)[O-])c1cc(F)ccc1-c1c(Cn2cc(C#N)cn2)cnn1C.O=[N+]([O-])c1ncc(Br)cc1F. The van der Waals surface area contributed by atoms with Gasteiger partial charge in [0.1, 0.15) is 29.9 Å². The summed E-state index contributed by atoms with van der Waals surface area (Å²) in [6, 6.07) is 15.1. The lowest BCUT2D eigenvalue weighted by atomic mass is 9.98. The van der Waals surface area contributed by atoms with Crippen LogP contribution in [-0.2, 0) is 27.2 Å². The molecule has 2 unspecified atom stereocenters. The van der Waals surface area contributed by atoms with E-state index in [1.165, 1.54) is 55.1 Å². The Morgan fingerprint density at radius 2 is 1.16 bits per heavy atom. The molecule has 6 heterocycles. The summed E-state index contributed by atoms with van der Waals surface area (Å²) in [4.78, 5) is 27.0. The standard InChI is InChI=1S/C22H17BrFN7O3.C17H16FN5O.C5H2BrFN2O2/c1-13(34-20-5-16(23)10-26-22(20)31(32)33)19-6-17(24)3-4-18(19)21-15(9-27-29(21)2)12-30-11-14(7-25)8-28-30;1-11(24)16-5-14(18)3-4-15(16)17-13(8-20-22(17)2)10-23-9-12(6-19)7-21-23;6-3-1-4(7)5(8-2-3)9(10)11/h3-6,8-11,13H,12H2,1-2H3;3-5,7-9,11,24H,10H2,1-2H3;1-2H. The third kappa shape index (κ3) is 12.3. The van der Waals surface area contributed by atoms with Gasteiger partial charge < -0.3 is 30.1 Å². The predicted molar refractivity (Wildman–Crippen MR) is 246 cm³/mol. The van der Waals surface area contributed by atoms with Gasteiger partial charge in [-0.15, -0.1) is 0 Å². The molecule has 8 rings (SSSR count). The molecule has 25 heteroatoms. The average Bonchev–Trinajstić information content (AvgIpc) is 4.12. The number of hydrogen-bond acceptors (Lipinski definition) is 14. The van der Waals surface area contributed by atoms with E-state index in [1.807, 2.05) is 12.1 Å². The smallest absolute Gasteiger partial charge is 0.406 e. The first kappa shape index (κ1) is 50.3. The largest absolute Gasteiger partial charge is 0.478 e. The molecule has 0 amide bonds. The van der Waals surface area contributed by atoms with Gasteiger partial charge in [-0.1, -0.05) is 0 Å². The first-order chi connectivity index (χ1) is 32.9. The molecule has 0 aliphatic heterocycles. The van der Waals surface area contributed by atoms with Gasteiger partial charge in [-0.05, 0) is 107 Å². The molecule has 20 nitrogen and oxygen atoms in total. The van der Waals surface area contributed by atoms with Crippen LogP contribution in [0.2, 0.25) is 0 Å². The molecule has 0 radical (unpaired) electrons. The molecule has 0 spiro atoms. The second-order valence-electron chi connectivity index (χ2n) is 14.7. The molecule has 2 atom stereocenters. The Hall–Kier alpha value is -8.13. The molecule has 69 heavy (non-hydrogen) atoms. The van der Waals surface area contributed by atoms with Crippen LogP contribution >= 0.6 is 31.9 Å². The maximum atomic E-state index is 14.3. The summed E-state index contributed by atoms with van der Waals surface area (Å²) in [6.45, 7) is 4.02. The number of nitriles is 2. The third-order valence-corrected chi connectivity index (χ3v) is 10.7. The van der Waals surface area contributed by atoms with E-state index in [9.17, 15) is 38.5 Å². The van der Waals surface area contributed by atoms with E-state index in [1.54, 1.807) is 83.6 Å². The zero-order valence-electron chi connectivity index (χ0n) is 36.4. The van der Waals surface area contributed by atoms with Gasteiger partial charge in [0.25, 0.3) is 0 Å². The van der Waals surface area contributed by atoms with Gasteiger partial charge in [0.2, 0.25) is 11.6 Å². The van der Waals surface area contributed by atoms with Crippen molar-refractivity contribution in [1.82, 2.24) is 49.1 Å². The summed E-state index contributed by atoms with van der Waals surface area (Å²) in [6.07, 6.45) is 10.5. The summed E-state index contributed by atoms with van der Waals surface area (Å²) < 4.78 is 53.8. The Kier molecular flexibility index (Phi) is 16.1. The van der Waals surface area contributed by atoms with Crippen molar-refractivity contribution >= 4 is 43.5 Å². The number of aromatic nitrogens is 10. The Bertz CT molecular complexity index is 3270. The van der Waals surface area contributed by atoms with Gasteiger partial charge in [0, 0.05) is 66.4 Å². The number of nitrogens with zero attached hydrogens (tertiary/aromatic N) is 14. The fraction of sp³-hybridized carbons (Fsp3) is 0.182. The van der Waals surface area contributed by atoms with Crippen LogP contribution in [0.5, 0.6) is 5.75 Å². The molecule has 1 N–H and O–H groups in total. The zero-order chi connectivity index (χ0) is 50.1. The number of aryl methyl sites for hydroxylation is 2. The van der Waals surface area contributed by atoms with Crippen LogP contribution in [0, 0.1) is 60.3 Å². The highest BCUT2D eigenvalue weighted by Crippen LogP contribution is 2.37. The highest BCUT2D eigenvalue weighted by Gasteiger charge is 2.25. The Morgan fingerprint density at radius 3 is 1.61 bits per heavy atom. The molecule has 0 aliphatic carbocycles. The minimum atomic E-state index is -0.940. The third-order valence-electron chi connectivity index (χ3n) is 9.88. The number of aliphatic hydroxyl groups excluding tert-OH is 1. The van der Waals surface area contributed by atoms with Crippen molar-refractivity contribution in [3.63, 3.8) is 0 Å². The molecule has 0 saturated carbocycles. The van der Waals surface area contributed by atoms with Crippen LogP contribution in [0.1, 0.15) is 59.4 Å². The molecular weight excluding hydrogens is 1040 g/mol. The van der Waals surface area contributed by atoms with Gasteiger partial charge >= 0.3 is 11.6 Å². The van der Waals surface area contributed by atoms with Gasteiger partial charge in [0.15, 0.2) is 12.4 Å². The Morgan fingerprint density at radius 1 is 0.696 bits per heavy atom. The molecule has 352 valence electrons. The molecule has 2 aromatic carbocycles. The number of nitro groups is 2. The maximum absolute atomic E-state index is 14.3. The van der Waals surface area contributed by atoms with Crippen LogP contribution in [0.4, 0.5) is 24.8 Å². The topological polar surface area (TPSA) is 260 Å². The second kappa shape index (κ2) is 22.1. The number of benzene rings is 2. The van der Waals surface area contributed by atoms with Crippen molar-refractivity contribution in [2.24, 2.45) is 14.1 Å². The van der Waals surface area contributed by atoms with Crippen LogP contribution in [0.25, 0.3) is 22.5 Å². The summed E-state index contributed by atoms with van der Waals surface area (Å²) in [7, 11) is 3.54. The lowest BCUT2D eigenvalue weighted by molar-refractivity contribution is -0.392. The monoisotopic (exact) mass is 1070 g/mol. The van der Waals surface area contributed by atoms with Gasteiger partial charge in [-0.2, -0.15) is 35.3 Å². The van der Waals surface area contributed by atoms with Crippen molar-refractivity contribution < 1.29 is 32.9 Å². The van der Waals surface area contributed by atoms with Gasteiger partial charge in [0.05, 0.1) is 75.4 Å². The van der Waals surface area contributed by atoms with Crippen LogP contribution in [-0.4, -0.2) is 64.0 Å². The highest BCUT2D eigenvalue weighted by molar-refractivity contribution is 9.10. The van der Waals surface area contributed by atoms with Crippen LogP contribution in [0.3, 0.4) is 0 Å². The van der Waals surface area contributed by atoms with Crippen molar-refractivity contribution in [1.29, 1.82) is 10.5 Å². The second-order valence-corrected chi connectivity index (χ2v) is 16.5. The number of halogens is 5. The van der Waals surface area contributed by atoms with E-state index in [-0.39, 0.29) is 5.75 Å². The fourth-order valence-electron chi connectivity index (χ4n) is 6.87. The molecule has 8 aromatic rings. The summed E-state index contributed by atoms with van der Waals surface area (Å²) in [5.41, 5.74) is 6.35. The van der Waals surface area contributed by atoms with E-state index >= 15 is 0 Å². The van der Waals surface area contributed by atoms with Crippen molar-refractivity contribution in [3.05, 3.63) is 178 Å². The first-order valence-electron chi connectivity index (χ1n) is 19.9. The lowest BCUT2D eigenvalue weighted by Gasteiger charge is -2.19. The highest BCUT2D eigenvalue weighted by atomic mass is 79.9. The molecular formula is C44H35Br2F3N14O6. The molecule has 0 fully saturated rings. The number of ether oxygens (including phenoxy) is 1. The number of rotatable bonds is 12. The molecule has 0 aliphatic rings. The van der Waals surface area contributed by atoms with E-state index in [2.05, 4.69) is 62.2 Å². The van der Waals surface area contributed by atoms with E-state index in [0.717, 1.165) is 22.9 Å².